The van der Waals surface area contributed by atoms with Gasteiger partial charge in [-0.15, -0.1) is 0 Å². The van der Waals surface area contributed by atoms with E-state index < -0.39 is 6.10 Å². The third kappa shape index (κ3) is 3.00. The van der Waals surface area contributed by atoms with E-state index in [1.165, 1.54) is 11.1 Å². The summed E-state index contributed by atoms with van der Waals surface area (Å²) in [5.41, 5.74) is 3.23. The van der Waals surface area contributed by atoms with Gasteiger partial charge < -0.3 is 14.6 Å². The Balaban J connectivity index is 1.67. The van der Waals surface area contributed by atoms with E-state index >= 15 is 0 Å². The van der Waals surface area contributed by atoms with E-state index in [0.29, 0.717) is 12.3 Å². The fourth-order valence-electron chi connectivity index (χ4n) is 2.68. The van der Waals surface area contributed by atoms with Crippen LogP contribution >= 0.6 is 0 Å². The minimum atomic E-state index is -0.571. The first-order valence-corrected chi connectivity index (χ1v) is 7.19. The number of fused-ring (bicyclic) bond motifs is 1. The number of rotatable bonds is 5. The Hall–Kier alpha value is -2.07. The smallest absolute Gasteiger partial charge is 0.218 e. The van der Waals surface area contributed by atoms with Crippen molar-refractivity contribution in [3.05, 3.63) is 53.2 Å². The van der Waals surface area contributed by atoms with Crippen LogP contribution in [0, 0.1) is 0 Å². The van der Waals surface area contributed by atoms with Crippen molar-refractivity contribution < 1.29 is 14.6 Å². The predicted octanol–water partition coefficient (Wildman–Crippen LogP) is 2.69. The van der Waals surface area contributed by atoms with Crippen molar-refractivity contribution in [3.63, 3.8) is 0 Å². The van der Waals surface area contributed by atoms with Crippen LogP contribution in [0.15, 0.2) is 36.5 Å². The summed E-state index contributed by atoms with van der Waals surface area (Å²) in [7, 11) is 1.57. The summed E-state index contributed by atoms with van der Waals surface area (Å²) in [4.78, 5) is 4.12. The highest BCUT2D eigenvalue weighted by Gasteiger charge is 2.15. The summed E-state index contributed by atoms with van der Waals surface area (Å²) in [6.45, 7) is 0.772. The highest BCUT2D eigenvalue weighted by molar-refractivity contribution is 5.40. The summed E-state index contributed by atoms with van der Waals surface area (Å²) < 4.78 is 10.7. The number of nitrogens with zero attached hydrogens (tertiary/aromatic N) is 1. The monoisotopic (exact) mass is 285 g/mol. The summed E-state index contributed by atoms with van der Waals surface area (Å²) in [6, 6.07) is 9.93. The van der Waals surface area contributed by atoms with Crippen LogP contribution in [-0.4, -0.2) is 23.8 Å². The van der Waals surface area contributed by atoms with Gasteiger partial charge in [-0.2, -0.15) is 0 Å². The molecule has 1 atom stereocenters. The van der Waals surface area contributed by atoms with E-state index in [9.17, 15) is 5.11 Å². The summed E-state index contributed by atoms with van der Waals surface area (Å²) in [5.74, 6) is 1.49. The van der Waals surface area contributed by atoms with Gasteiger partial charge >= 0.3 is 0 Å². The van der Waals surface area contributed by atoms with Crippen LogP contribution in [0.1, 0.15) is 29.2 Å². The van der Waals surface area contributed by atoms with Crippen LogP contribution in [-0.2, 0) is 12.8 Å². The van der Waals surface area contributed by atoms with Gasteiger partial charge in [0.05, 0.1) is 19.8 Å². The number of aromatic nitrogens is 1. The van der Waals surface area contributed by atoms with Gasteiger partial charge in [0.25, 0.3) is 0 Å². The zero-order valence-electron chi connectivity index (χ0n) is 12.1. The fourth-order valence-corrected chi connectivity index (χ4v) is 2.68. The number of hydrogen-bond acceptors (Lipinski definition) is 4. The molecule has 2 heterocycles. The molecule has 0 radical (unpaired) electrons. The summed E-state index contributed by atoms with van der Waals surface area (Å²) in [6.07, 6.45) is 3.52. The Morgan fingerprint density at radius 3 is 3.14 bits per heavy atom. The van der Waals surface area contributed by atoms with Gasteiger partial charge in [-0.25, -0.2) is 4.98 Å². The van der Waals surface area contributed by atoms with Gasteiger partial charge in [0, 0.05) is 18.2 Å². The molecule has 1 N–H and O–H groups in total. The summed E-state index contributed by atoms with van der Waals surface area (Å²) in [5, 5.41) is 10.3. The lowest BCUT2D eigenvalue weighted by Crippen LogP contribution is -2.03. The Kier molecular flexibility index (Phi) is 4.06. The van der Waals surface area contributed by atoms with Gasteiger partial charge in [0.15, 0.2) is 0 Å². The molecule has 0 amide bonds. The van der Waals surface area contributed by atoms with E-state index in [2.05, 4.69) is 17.1 Å². The standard InChI is InChI=1S/C17H19NO3/c1-20-17-14(3-2-9-18-17)15(19)6-4-12-5-7-16-13(11-12)8-10-21-16/h2-3,5,7,9,11,15,19H,4,6,8,10H2,1H3. The quantitative estimate of drug-likeness (QED) is 0.917. The first-order valence-electron chi connectivity index (χ1n) is 7.19. The largest absolute Gasteiger partial charge is 0.493 e. The molecule has 0 bridgehead atoms. The number of ether oxygens (including phenoxy) is 2. The van der Waals surface area contributed by atoms with Crippen molar-refractivity contribution in [1.29, 1.82) is 0 Å². The molecule has 1 aromatic carbocycles. The molecule has 1 aliphatic heterocycles. The number of hydrogen-bond donors (Lipinski definition) is 1. The third-order valence-corrected chi connectivity index (χ3v) is 3.81. The predicted molar refractivity (Wildman–Crippen MR) is 79.7 cm³/mol. The van der Waals surface area contributed by atoms with Crippen molar-refractivity contribution in [2.45, 2.75) is 25.4 Å². The molecular weight excluding hydrogens is 266 g/mol. The average Bonchev–Trinajstić information content (AvgIpc) is 3.00. The minimum Gasteiger partial charge on any atom is -0.493 e. The SMILES string of the molecule is COc1ncccc1C(O)CCc1ccc2c(c1)CCO2. The molecule has 0 fully saturated rings. The van der Waals surface area contributed by atoms with Crippen LogP contribution in [0.4, 0.5) is 0 Å². The molecule has 21 heavy (non-hydrogen) atoms. The lowest BCUT2D eigenvalue weighted by molar-refractivity contribution is 0.162. The molecule has 4 nitrogen and oxygen atoms in total. The normalized spacial score (nSPS) is 14.4. The maximum atomic E-state index is 10.3. The molecule has 0 spiro atoms. The minimum absolute atomic E-state index is 0.493. The highest BCUT2D eigenvalue weighted by Crippen LogP contribution is 2.29. The van der Waals surface area contributed by atoms with Crippen LogP contribution in [0.5, 0.6) is 11.6 Å². The van der Waals surface area contributed by atoms with Crippen molar-refractivity contribution in [2.75, 3.05) is 13.7 Å². The van der Waals surface area contributed by atoms with Gasteiger partial charge in [0.1, 0.15) is 5.75 Å². The topological polar surface area (TPSA) is 51.6 Å². The number of aryl methyl sites for hydroxylation is 1. The van der Waals surface area contributed by atoms with Crippen LogP contribution in [0.2, 0.25) is 0 Å². The van der Waals surface area contributed by atoms with E-state index in [1.54, 1.807) is 13.3 Å². The maximum absolute atomic E-state index is 10.3. The Labute approximate surface area is 124 Å². The van der Waals surface area contributed by atoms with E-state index in [0.717, 1.165) is 30.8 Å². The van der Waals surface area contributed by atoms with E-state index in [1.807, 2.05) is 18.2 Å². The maximum Gasteiger partial charge on any atom is 0.218 e. The zero-order chi connectivity index (χ0) is 14.7. The Bertz CT molecular complexity index is 627. The van der Waals surface area contributed by atoms with Gasteiger partial charge in [-0.1, -0.05) is 12.1 Å². The molecule has 4 heteroatoms. The number of pyridine rings is 1. The number of benzene rings is 1. The number of aliphatic hydroxyl groups excluding tert-OH is 1. The van der Waals surface area contributed by atoms with E-state index in [-0.39, 0.29) is 0 Å². The van der Waals surface area contributed by atoms with Crippen LogP contribution in [0.3, 0.4) is 0 Å². The van der Waals surface area contributed by atoms with Gasteiger partial charge in [-0.3, -0.25) is 0 Å². The summed E-state index contributed by atoms with van der Waals surface area (Å²) >= 11 is 0. The van der Waals surface area contributed by atoms with Crippen molar-refractivity contribution in [2.24, 2.45) is 0 Å². The van der Waals surface area contributed by atoms with Crippen molar-refractivity contribution in [3.8, 4) is 11.6 Å². The number of methoxy groups -OCH3 is 1. The Morgan fingerprint density at radius 1 is 1.38 bits per heavy atom. The average molecular weight is 285 g/mol. The van der Waals surface area contributed by atoms with Crippen molar-refractivity contribution in [1.82, 2.24) is 4.98 Å². The molecule has 0 aliphatic carbocycles. The molecular formula is C17H19NO3. The second-order valence-electron chi connectivity index (χ2n) is 5.20. The lowest BCUT2D eigenvalue weighted by atomic mass is 10.00. The van der Waals surface area contributed by atoms with E-state index in [4.69, 9.17) is 9.47 Å². The Morgan fingerprint density at radius 2 is 2.29 bits per heavy atom. The van der Waals surface area contributed by atoms with Gasteiger partial charge in [-0.05, 0) is 42.2 Å². The fraction of sp³-hybridized carbons (Fsp3) is 0.353. The first kappa shape index (κ1) is 13.9. The second kappa shape index (κ2) is 6.14. The third-order valence-electron chi connectivity index (χ3n) is 3.81. The number of aliphatic hydroxyl groups is 1. The van der Waals surface area contributed by atoms with Gasteiger partial charge in [0.2, 0.25) is 5.88 Å². The van der Waals surface area contributed by atoms with Crippen LogP contribution in [0.25, 0.3) is 0 Å². The van der Waals surface area contributed by atoms with Crippen LogP contribution < -0.4 is 9.47 Å². The second-order valence-corrected chi connectivity index (χ2v) is 5.20. The molecule has 0 saturated carbocycles. The molecule has 1 aromatic heterocycles. The molecule has 0 saturated heterocycles. The van der Waals surface area contributed by atoms with Crippen molar-refractivity contribution >= 4 is 0 Å². The first-order chi connectivity index (χ1) is 10.3. The zero-order valence-corrected chi connectivity index (χ0v) is 12.1. The highest BCUT2D eigenvalue weighted by atomic mass is 16.5. The molecule has 1 aliphatic rings. The molecule has 2 aromatic rings. The molecule has 110 valence electrons. The lowest BCUT2D eigenvalue weighted by Gasteiger charge is -2.13. The molecule has 1 unspecified atom stereocenters. The molecule has 3 rings (SSSR count).